The zero-order valence-electron chi connectivity index (χ0n) is 15.0. The van der Waals surface area contributed by atoms with Gasteiger partial charge in [0.1, 0.15) is 34.1 Å². The fraction of sp³-hybridized carbons (Fsp3) is 0.100. The fourth-order valence-corrected chi connectivity index (χ4v) is 2.70. The number of rotatable bonds is 4. The molecule has 3 aromatic rings. The van der Waals surface area contributed by atoms with Gasteiger partial charge in [0.05, 0.1) is 0 Å². The molecule has 4 nitrogen and oxygen atoms in total. The zero-order chi connectivity index (χ0) is 22.1. The molecule has 0 aliphatic heterocycles. The summed E-state index contributed by atoms with van der Waals surface area (Å²) in [7, 11) is 0. The van der Waals surface area contributed by atoms with E-state index in [1.807, 2.05) is 0 Å². The number of nitrogens with two attached hydrogens (primary N) is 2. The third-order valence-electron chi connectivity index (χ3n) is 3.96. The Morgan fingerprint density at radius 2 is 0.867 bits per heavy atom. The van der Waals surface area contributed by atoms with Crippen LogP contribution in [0.3, 0.4) is 0 Å². The summed E-state index contributed by atoms with van der Waals surface area (Å²) in [5.74, 6) is -1.01. The van der Waals surface area contributed by atoms with Crippen molar-refractivity contribution in [3.63, 3.8) is 0 Å². The minimum absolute atomic E-state index is 0.00192. The first kappa shape index (κ1) is 21.2. The van der Waals surface area contributed by atoms with Crippen molar-refractivity contribution in [3.05, 3.63) is 71.8 Å². The summed E-state index contributed by atoms with van der Waals surface area (Å²) in [6.45, 7) is 0. The Morgan fingerprint density at radius 1 is 0.533 bits per heavy atom. The Morgan fingerprint density at radius 3 is 1.17 bits per heavy atom. The maximum Gasteiger partial charge on any atom is 0.421 e. The minimum atomic E-state index is -4.73. The van der Waals surface area contributed by atoms with Crippen LogP contribution >= 0.6 is 0 Å². The lowest BCUT2D eigenvalue weighted by molar-refractivity contribution is -0.138. The Labute approximate surface area is 166 Å². The third kappa shape index (κ3) is 4.53. The second kappa shape index (κ2) is 7.69. The van der Waals surface area contributed by atoms with Crippen LogP contribution < -0.4 is 20.9 Å². The highest BCUT2D eigenvalue weighted by atomic mass is 19.4. The first-order valence-electron chi connectivity index (χ1n) is 8.34. The molecule has 0 spiro atoms. The molecule has 0 amide bonds. The van der Waals surface area contributed by atoms with Gasteiger partial charge in [0.25, 0.3) is 0 Å². The number of anilines is 2. The van der Waals surface area contributed by atoms with Gasteiger partial charge in [0, 0.05) is 11.4 Å². The molecule has 0 fully saturated rings. The van der Waals surface area contributed by atoms with Crippen LogP contribution in [0.2, 0.25) is 0 Å². The molecule has 0 heterocycles. The van der Waals surface area contributed by atoms with Crippen molar-refractivity contribution in [2.24, 2.45) is 0 Å². The zero-order valence-corrected chi connectivity index (χ0v) is 15.0. The van der Waals surface area contributed by atoms with Crippen LogP contribution in [0, 0.1) is 0 Å². The Balaban J connectivity index is 1.85. The van der Waals surface area contributed by atoms with E-state index in [9.17, 15) is 26.3 Å². The van der Waals surface area contributed by atoms with Gasteiger partial charge in [-0.2, -0.15) is 26.3 Å². The van der Waals surface area contributed by atoms with Crippen LogP contribution in [-0.4, -0.2) is 0 Å². The molecule has 0 aliphatic carbocycles. The second-order valence-corrected chi connectivity index (χ2v) is 6.11. The van der Waals surface area contributed by atoms with Gasteiger partial charge < -0.3 is 20.9 Å². The normalized spacial score (nSPS) is 11.9. The molecule has 0 saturated carbocycles. The van der Waals surface area contributed by atoms with Gasteiger partial charge in [-0.05, 0) is 48.5 Å². The largest absolute Gasteiger partial charge is 0.457 e. The Hall–Kier alpha value is -3.56. The number of alkyl halides is 6. The number of ether oxygens (including phenoxy) is 2. The lowest BCUT2D eigenvalue weighted by atomic mass is 10.1. The van der Waals surface area contributed by atoms with Crippen LogP contribution in [-0.2, 0) is 12.4 Å². The first-order valence-corrected chi connectivity index (χ1v) is 8.34. The van der Waals surface area contributed by atoms with Crippen molar-refractivity contribution in [2.75, 3.05) is 11.5 Å². The first-order chi connectivity index (χ1) is 14.0. The van der Waals surface area contributed by atoms with E-state index in [1.165, 1.54) is 36.4 Å². The molecule has 3 rings (SSSR count). The van der Waals surface area contributed by atoms with E-state index in [4.69, 9.17) is 20.9 Å². The molecule has 3 aromatic carbocycles. The number of nitrogen functional groups attached to an aromatic ring is 2. The van der Waals surface area contributed by atoms with Crippen LogP contribution in [0.1, 0.15) is 11.1 Å². The van der Waals surface area contributed by atoms with Crippen LogP contribution in [0.15, 0.2) is 60.7 Å². The van der Waals surface area contributed by atoms with Crippen molar-refractivity contribution < 1.29 is 35.8 Å². The van der Waals surface area contributed by atoms with E-state index in [-0.39, 0.29) is 11.5 Å². The average Bonchev–Trinajstić information content (AvgIpc) is 2.61. The van der Waals surface area contributed by atoms with E-state index < -0.39 is 46.4 Å². The van der Waals surface area contributed by atoms with Crippen LogP contribution in [0.4, 0.5) is 37.7 Å². The van der Waals surface area contributed by atoms with Gasteiger partial charge in [-0.25, -0.2) is 0 Å². The lowest BCUT2D eigenvalue weighted by Crippen LogP contribution is -2.11. The summed E-state index contributed by atoms with van der Waals surface area (Å²) in [5, 5.41) is 0. The van der Waals surface area contributed by atoms with E-state index in [2.05, 4.69) is 0 Å². The van der Waals surface area contributed by atoms with Crippen LogP contribution in [0.5, 0.6) is 23.0 Å². The number of hydrogen-bond donors (Lipinski definition) is 2. The van der Waals surface area contributed by atoms with Gasteiger partial charge in [0.15, 0.2) is 0 Å². The van der Waals surface area contributed by atoms with Gasteiger partial charge in [-0.1, -0.05) is 12.1 Å². The van der Waals surface area contributed by atoms with Gasteiger partial charge >= 0.3 is 12.4 Å². The number of halogens is 6. The molecule has 0 unspecified atom stereocenters. The second-order valence-electron chi connectivity index (χ2n) is 6.11. The van der Waals surface area contributed by atoms with Crippen LogP contribution in [0.25, 0.3) is 0 Å². The highest BCUT2D eigenvalue weighted by Crippen LogP contribution is 2.43. The summed E-state index contributed by atoms with van der Waals surface area (Å²) >= 11 is 0. The Kier molecular flexibility index (Phi) is 5.43. The predicted molar refractivity (Wildman–Crippen MR) is 98.3 cm³/mol. The Bertz CT molecular complexity index is 962. The van der Waals surface area contributed by atoms with E-state index in [0.29, 0.717) is 0 Å². The number of hydrogen-bond acceptors (Lipinski definition) is 4. The van der Waals surface area contributed by atoms with Crippen molar-refractivity contribution in [1.29, 1.82) is 0 Å². The fourth-order valence-electron chi connectivity index (χ4n) is 2.70. The molecule has 0 bridgehead atoms. The van der Waals surface area contributed by atoms with E-state index in [0.717, 1.165) is 24.3 Å². The highest BCUT2D eigenvalue weighted by molar-refractivity contribution is 5.58. The molecule has 0 atom stereocenters. The summed E-state index contributed by atoms with van der Waals surface area (Å²) in [5.41, 5.74) is 7.57. The maximum absolute atomic E-state index is 13.2. The quantitative estimate of drug-likeness (QED) is 0.369. The van der Waals surface area contributed by atoms with Crippen molar-refractivity contribution >= 4 is 11.4 Å². The maximum atomic E-state index is 13.2. The van der Waals surface area contributed by atoms with Crippen molar-refractivity contribution in [3.8, 4) is 23.0 Å². The van der Waals surface area contributed by atoms with Crippen molar-refractivity contribution in [2.45, 2.75) is 12.4 Å². The summed E-state index contributed by atoms with van der Waals surface area (Å²) in [4.78, 5) is 0. The molecule has 30 heavy (non-hydrogen) atoms. The molecule has 0 radical (unpaired) electrons. The van der Waals surface area contributed by atoms with Gasteiger partial charge in [-0.15, -0.1) is 0 Å². The van der Waals surface area contributed by atoms with E-state index in [1.54, 1.807) is 0 Å². The SMILES string of the molecule is Nc1cccc(Oc2ccc(Oc3cccc(N)c3C(F)(F)F)cc2)c1C(F)(F)F. The smallest absolute Gasteiger partial charge is 0.421 e. The number of benzene rings is 3. The van der Waals surface area contributed by atoms with Gasteiger partial charge in [0.2, 0.25) is 0 Å². The molecule has 10 heteroatoms. The molecule has 0 saturated heterocycles. The lowest BCUT2D eigenvalue weighted by Gasteiger charge is -2.17. The molecular formula is C20H14F6N2O2. The molecule has 0 aromatic heterocycles. The average molecular weight is 428 g/mol. The molecular weight excluding hydrogens is 414 g/mol. The molecule has 158 valence electrons. The summed E-state index contributed by atoms with van der Waals surface area (Å²) in [6.07, 6.45) is -9.46. The topological polar surface area (TPSA) is 70.5 Å². The summed E-state index contributed by atoms with van der Waals surface area (Å²) < 4.78 is 89.7. The third-order valence-corrected chi connectivity index (χ3v) is 3.96. The molecule has 0 aliphatic rings. The highest BCUT2D eigenvalue weighted by Gasteiger charge is 2.38. The van der Waals surface area contributed by atoms with Gasteiger partial charge in [-0.3, -0.25) is 0 Å². The molecule has 4 N–H and O–H groups in total. The monoisotopic (exact) mass is 428 g/mol. The van der Waals surface area contributed by atoms with Crippen molar-refractivity contribution in [1.82, 2.24) is 0 Å². The van der Waals surface area contributed by atoms with E-state index >= 15 is 0 Å². The predicted octanol–water partition coefficient (Wildman–Crippen LogP) is 6.47. The standard InChI is InChI=1S/C20H14F6N2O2/c21-19(22,23)17-13(27)3-1-5-15(17)29-11-7-9-12(10-8-11)30-16-6-2-4-14(28)18(16)20(24,25)26/h1-10H,27-28H2. The minimum Gasteiger partial charge on any atom is -0.457 e. The summed E-state index contributed by atoms with van der Waals surface area (Å²) in [6, 6.07) is 12.0.